The lowest BCUT2D eigenvalue weighted by Gasteiger charge is -2.34. The van der Waals surface area contributed by atoms with Gasteiger partial charge in [-0.25, -0.2) is 0 Å². The topological polar surface area (TPSA) is 60.2 Å². The molecule has 0 saturated heterocycles. The zero-order chi connectivity index (χ0) is 12.2. The second-order valence-electron chi connectivity index (χ2n) is 4.37. The van der Waals surface area contributed by atoms with Crippen molar-refractivity contribution in [2.45, 2.75) is 39.3 Å². The summed E-state index contributed by atoms with van der Waals surface area (Å²) in [6.07, 6.45) is 3.61. The molecule has 1 aromatic rings. The Morgan fingerprint density at radius 3 is 2.75 bits per heavy atom. The van der Waals surface area contributed by atoms with Crippen LogP contribution in [0.5, 0.6) is 0 Å². The number of aromatic nitrogens is 1. The fourth-order valence-electron chi connectivity index (χ4n) is 1.90. The van der Waals surface area contributed by atoms with Gasteiger partial charge in [0.1, 0.15) is 0 Å². The van der Waals surface area contributed by atoms with Gasteiger partial charge in [-0.3, -0.25) is 16.3 Å². The minimum atomic E-state index is -0.364. The van der Waals surface area contributed by atoms with Gasteiger partial charge >= 0.3 is 0 Å². The second-order valence-corrected chi connectivity index (χ2v) is 4.37. The van der Waals surface area contributed by atoms with Crippen LogP contribution in [0.3, 0.4) is 0 Å². The molecular formula is C12H21N3O. The van der Waals surface area contributed by atoms with Crippen molar-refractivity contribution in [1.29, 1.82) is 0 Å². The van der Waals surface area contributed by atoms with E-state index in [4.69, 9.17) is 10.6 Å². The van der Waals surface area contributed by atoms with E-state index in [1.165, 1.54) is 0 Å². The molecule has 0 fully saturated rings. The summed E-state index contributed by atoms with van der Waals surface area (Å²) in [6.45, 7) is 8.72. The fourth-order valence-corrected chi connectivity index (χ4v) is 1.90. The molecule has 90 valence electrons. The molecule has 1 heterocycles. The summed E-state index contributed by atoms with van der Waals surface area (Å²) in [5.41, 5.74) is 4.69. The highest BCUT2D eigenvalue weighted by Gasteiger charge is 2.31. The first kappa shape index (κ1) is 13.1. The normalized spacial score (nSPS) is 13.8. The first-order chi connectivity index (χ1) is 7.53. The number of ether oxygens (including phenoxy) is 1. The summed E-state index contributed by atoms with van der Waals surface area (Å²) in [4.78, 5) is 4.14. The van der Waals surface area contributed by atoms with E-state index in [0.717, 1.165) is 11.1 Å². The number of nitrogens with zero attached hydrogens (tertiary/aromatic N) is 1. The molecule has 4 heteroatoms. The Labute approximate surface area is 97.2 Å². The zero-order valence-electron chi connectivity index (χ0n) is 10.4. The van der Waals surface area contributed by atoms with Crippen LogP contribution in [-0.4, -0.2) is 17.2 Å². The van der Waals surface area contributed by atoms with Gasteiger partial charge in [0.25, 0.3) is 0 Å². The van der Waals surface area contributed by atoms with Crippen molar-refractivity contribution in [3.05, 3.63) is 29.6 Å². The molecule has 4 nitrogen and oxygen atoms in total. The molecule has 0 radical (unpaired) electrons. The fraction of sp³-hybridized carbons (Fsp3) is 0.583. The monoisotopic (exact) mass is 223 g/mol. The van der Waals surface area contributed by atoms with Crippen LogP contribution >= 0.6 is 0 Å². The molecule has 1 unspecified atom stereocenters. The minimum Gasteiger partial charge on any atom is -0.374 e. The Kier molecular flexibility index (Phi) is 4.41. The molecule has 1 aromatic heterocycles. The van der Waals surface area contributed by atoms with E-state index < -0.39 is 0 Å². The lowest BCUT2D eigenvalue weighted by atomic mass is 9.90. The molecule has 0 bridgehead atoms. The molecular weight excluding hydrogens is 202 g/mol. The standard InChI is InChI=1S/C12H21N3O/c1-5-16-12(3,4)11(15-13)10-8-14-7-6-9(10)2/h6-8,11,15H,5,13H2,1-4H3. The van der Waals surface area contributed by atoms with Gasteiger partial charge in [0.2, 0.25) is 0 Å². The van der Waals surface area contributed by atoms with Crippen LogP contribution in [0, 0.1) is 6.92 Å². The number of hydrogen-bond acceptors (Lipinski definition) is 4. The van der Waals surface area contributed by atoms with Crippen molar-refractivity contribution in [1.82, 2.24) is 10.4 Å². The maximum atomic E-state index is 5.72. The quantitative estimate of drug-likeness (QED) is 0.589. The van der Waals surface area contributed by atoms with E-state index in [1.807, 2.05) is 40.0 Å². The Balaban J connectivity index is 3.03. The van der Waals surface area contributed by atoms with Crippen molar-refractivity contribution in [2.75, 3.05) is 6.61 Å². The number of aryl methyl sites for hydroxylation is 1. The maximum Gasteiger partial charge on any atom is 0.0833 e. The summed E-state index contributed by atoms with van der Waals surface area (Å²) in [5, 5.41) is 0. The highest BCUT2D eigenvalue weighted by Crippen LogP contribution is 2.29. The SMILES string of the molecule is CCOC(C)(C)C(NN)c1cnccc1C. The zero-order valence-corrected chi connectivity index (χ0v) is 10.4. The van der Waals surface area contributed by atoms with Gasteiger partial charge in [-0.05, 0) is 44.9 Å². The molecule has 16 heavy (non-hydrogen) atoms. The van der Waals surface area contributed by atoms with E-state index in [-0.39, 0.29) is 11.6 Å². The predicted octanol–water partition coefficient (Wildman–Crippen LogP) is 1.71. The average Bonchev–Trinajstić information content (AvgIpc) is 2.21. The molecule has 1 atom stereocenters. The summed E-state index contributed by atoms with van der Waals surface area (Å²) in [6, 6.07) is 1.91. The van der Waals surface area contributed by atoms with E-state index in [1.54, 1.807) is 6.20 Å². The van der Waals surface area contributed by atoms with Gasteiger partial charge in [0.05, 0.1) is 11.6 Å². The van der Waals surface area contributed by atoms with Crippen LogP contribution in [0.4, 0.5) is 0 Å². The van der Waals surface area contributed by atoms with Gasteiger partial charge in [0, 0.05) is 19.0 Å². The highest BCUT2D eigenvalue weighted by atomic mass is 16.5. The van der Waals surface area contributed by atoms with Crippen molar-refractivity contribution in [2.24, 2.45) is 5.84 Å². The van der Waals surface area contributed by atoms with Crippen LogP contribution in [0.25, 0.3) is 0 Å². The second kappa shape index (κ2) is 5.39. The Morgan fingerprint density at radius 2 is 2.25 bits per heavy atom. The van der Waals surface area contributed by atoms with Gasteiger partial charge in [-0.2, -0.15) is 0 Å². The number of rotatable bonds is 5. The lowest BCUT2D eigenvalue weighted by Crippen LogP contribution is -2.45. The molecule has 1 rings (SSSR count). The molecule has 0 aliphatic heterocycles. The van der Waals surface area contributed by atoms with Crippen molar-refractivity contribution < 1.29 is 4.74 Å². The molecule has 3 N–H and O–H groups in total. The summed E-state index contributed by atoms with van der Waals surface area (Å²) in [5.74, 6) is 5.63. The highest BCUT2D eigenvalue weighted by molar-refractivity contribution is 5.27. The predicted molar refractivity (Wildman–Crippen MR) is 64.7 cm³/mol. The Bertz CT molecular complexity index is 339. The van der Waals surface area contributed by atoms with Crippen LogP contribution in [0.2, 0.25) is 0 Å². The molecule has 0 aliphatic rings. The summed E-state index contributed by atoms with van der Waals surface area (Å²) < 4.78 is 5.72. The van der Waals surface area contributed by atoms with Crippen LogP contribution in [-0.2, 0) is 4.74 Å². The maximum absolute atomic E-state index is 5.72. The number of pyridine rings is 1. The number of nitrogens with one attached hydrogen (secondary N) is 1. The largest absolute Gasteiger partial charge is 0.374 e. The average molecular weight is 223 g/mol. The van der Waals surface area contributed by atoms with E-state index >= 15 is 0 Å². The number of nitrogens with two attached hydrogens (primary N) is 1. The van der Waals surface area contributed by atoms with Crippen LogP contribution in [0.1, 0.15) is 37.9 Å². The summed E-state index contributed by atoms with van der Waals surface area (Å²) in [7, 11) is 0. The van der Waals surface area contributed by atoms with Crippen molar-refractivity contribution in [3.63, 3.8) is 0 Å². The minimum absolute atomic E-state index is 0.0684. The van der Waals surface area contributed by atoms with E-state index in [2.05, 4.69) is 10.4 Å². The Morgan fingerprint density at radius 1 is 1.56 bits per heavy atom. The third-order valence-electron chi connectivity index (χ3n) is 2.77. The van der Waals surface area contributed by atoms with Gasteiger partial charge < -0.3 is 4.74 Å². The Hall–Kier alpha value is -0.970. The van der Waals surface area contributed by atoms with Crippen LogP contribution in [0.15, 0.2) is 18.5 Å². The molecule has 0 aliphatic carbocycles. The molecule has 0 aromatic carbocycles. The smallest absolute Gasteiger partial charge is 0.0833 e. The van der Waals surface area contributed by atoms with Crippen LogP contribution < -0.4 is 11.3 Å². The number of hydrazine groups is 1. The van der Waals surface area contributed by atoms with Gasteiger partial charge in [-0.15, -0.1) is 0 Å². The summed E-state index contributed by atoms with van der Waals surface area (Å²) >= 11 is 0. The van der Waals surface area contributed by atoms with Gasteiger partial charge in [-0.1, -0.05) is 0 Å². The molecule has 0 amide bonds. The first-order valence-electron chi connectivity index (χ1n) is 5.53. The van der Waals surface area contributed by atoms with Gasteiger partial charge in [0.15, 0.2) is 0 Å². The third kappa shape index (κ3) is 2.78. The molecule has 0 spiro atoms. The molecule has 0 saturated carbocycles. The van der Waals surface area contributed by atoms with E-state index in [0.29, 0.717) is 6.61 Å². The lowest BCUT2D eigenvalue weighted by molar-refractivity contribution is -0.0395. The van der Waals surface area contributed by atoms with E-state index in [9.17, 15) is 0 Å². The third-order valence-corrected chi connectivity index (χ3v) is 2.77. The number of hydrogen-bond donors (Lipinski definition) is 2. The van der Waals surface area contributed by atoms with Crippen molar-refractivity contribution in [3.8, 4) is 0 Å². The first-order valence-corrected chi connectivity index (χ1v) is 5.53. The van der Waals surface area contributed by atoms with Crippen molar-refractivity contribution >= 4 is 0 Å².